The summed E-state index contributed by atoms with van der Waals surface area (Å²) in [5, 5.41) is 14.7. The molecule has 94 valence electrons. The van der Waals surface area contributed by atoms with Gasteiger partial charge in [-0.3, -0.25) is 4.79 Å². The van der Waals surface area contributed by atoms with Crippen LogP contribution in [0.15, 0.2) is 28.7 Å². The average molecular weight is 301 g/mol. The van der Waals surface area contributed by atoms with E-state index in [1.165, 1.54) is 5.56 Å². The summed E-state index contributed by atoms with van der Waals surface area (Å²) in [5.74, 6) is -0.830. The molecule has 0 fully saturated rings. The Hall–Kier alpha value is -0.910. The molecule has 0 saturated carbocycles. The van der Waals surface area contributed by atoms with Crippen LogP contribution in [-0.2, 0) is 11.2 Å². The summed E-state index contributed by atoms with van der Waals surface area (Å²) in [6.07, 6.45) is 0.892. The van der Waals surface area contributed by atoms with Crippen LogP contribution >= 0.6 is 15.9 Å². The maximum Gasteiger partial charge on any atom is 0.322 e. The van der Waals surface area contributed by atoms with Crippen molar-refractivity contribution in [3.63, 3.8) is 0 Å². The molecule has 1 aromatic rings. The lowest BCUT2D eigenvalue weighted by atomic mass is 10.1. The zero-order valence-corrected chi connectivity index (χ0v) is 11.3. The molecule has 0 aliphatic heterocycles. The van der Waals surface area contributed by atoms with Gasteiger partial charge >= 0.3 is 5.97 Å². The van der Waals surface area contributed by atoms with Gasteiger partial charge < -0.3 is 15.7 Å². The van der Waals surface area contributed by atoms with E-state index in [0.717, 1.165) is 17.4 Å². The first-order valence-electron chi connectivity index (χ1n) is 5.48. The van der Waals surface area contributed by atoms with Crippen LogP contribution in [0.2, 0.25) is 0 Å². The Labute approximate surface area is 110 Å². The number of aliphatic carboxylic acids is 1. The number of benzene rings is 1. The third kappa shape index (κ3) is 5.30. The van der Waals surface area contributed by atoms with Crippen LogP contribution in [0.25, 0.3) is 0 Å². The molecule has 0 bridgehead atoms. The number of halogens is 1. The predicted octanol–water partition coefficient (Wildman–Crippen LogP) is 1.25. The standard InChI is InChI=1S/C12H17BrN2O2/c1-14-11(12(16)17)8-15-7-6-9-2-4-10(13)5-3-9/h2-5,11,14-15H,6-8H2,1H3,(H,16,17). The molecular weight excluding hydrogens is 284 g/mol. The van der Waals surface area contributed by atoms with Crippen molar-refractivity contribution in [1.82, 2.24) is 10.6 Å². The van der Waals surface area contributed by atoms with Gasteiger partial charge in [0.2, 0.25) is 0 Å². The van der Waals surface area contributed by atoms with E-state index in [-0.39, 0.29) is 0 Å². The third-order valence-electron chi connectivity index (χ3n) is 2.50. The highest BCUT2D eigenvalue weighted by Gasteiger charge is 2.13. The van der Waals surface area contributed by atoms with Crippen molar-refractivity contribution < 1.29 is 9.90 Å². The smallest absolute Gasteiger partial charge is 0.322 e. The Morgan fingerprint density at radius 2 is 2.06 bits per heavy atom. The molecular formula is C12H17BrN2O2. The Balaban J connectivity index is 2.24. The van der Waals surface area contributed by atoms with E-state index < -0.39 is 12.0 Å². The topological polar surface area (TPSA) is 61.4 Å². The Bertz CT molecular complexity index is 354. The second-order valence-corrected chi connectivity index (χ2v) is 4.68. The molecule has 0 radical (unpaired) electrons. The summed E-state index contributed by atoms with van der Waals surface area (Å²) < 4.78 is 1.07. The van der Waals surface area contributed by atoms with Gasteiger partial charge in [-0.15, -0.1) is 0 Å². The zero-order valence-electron chi connectivity index (χ0n) is 9.74. The first-order valence-corrected chi connectivity index (χ1v) is 6.28. The highest BCUT2D eigenvalue weighted by Crippen LogP contribution is 2.10. The van der Waals surface area contributed by atoms with Crippen molar-refractivity contribution in [3.8, 4) is 0 Å². The molecule has 0 aliphatic rings. The second kappa shape index (κ2) is 7.42. The van der Waals surface area contributed by atoms with Gasteiger partial charge in [0.1, 0.15) is 6.04 Å². The SMILES string of the molecule is CNC(CNCCc1ccc(Br)cc1)C(=O)O. The van der Waals surface area contributed by atoms with Crippen molar-refractivity contribution in [2.45, 2.75) is 12.5 Å². The normalized spacial score (nSPS) is 12.4. The Morgan fingerprint density at radius 1 is 1.41 bits per heavy atom. The van der Waals surface area contributed by atoms with Crippen molar-refractivity contribution >= 4 is 21.9 Å². The molecule has 5 heteroatoms. The van der Waals surface area contributed by atoms with Crippen LogP contribution in [0, 0.1) is 0 Å². The minimum absolute atomic E-state index is 0.433. The molecule has 1 aromatic carbocycles. The van der Waals surface area contributed by atoms with Crippen molar-refractivity contribution in [2.75, 3.05) is 20.1 Å². The van der Waals surface area contributed by atoms with Gasteiger partial charge in [0, 0.05) is 11.0 Å². The largest absolute Gasteiger partial charge is 0.480 e. The van der Waals surface area contributed by atoms with E-state index in [2.05, 4.69) is 38.7 Å². The molecule has 0 spiro atoms. The van der Waals surface area contributed by atoms with E-state index >= 15 is 0 Å². The molecule has 0 aromatic heterocycles. The minimum Gasteiger partial charge on any atom is -0.480 e. The van der Waals surface area contributed by atoms with Crippen molar-refractivity contribution in [1.29, 1.82) is 0 Å². The lowest BCUT2D eigenvalue weighted by Gasteiger charge is -2.12. The van der Waals surface area contributed by atoms with E-state index in [1.807, 2.05) is 12.1 Å². The van der Waals surface area contributed by atoms with Crippen molar-refractivity contribution in [2.24, 2.45) is 0 Å². The first-order chi connectivity index (χ1) is 8.13. The molecule has 1 unspecified atom stereocenters. The summed E-state index contributed by atoms with van der Waals surface area (Å²) in [6, 6.07) is 7.59. The van der Waals surface area contributed by atoms with Gasteiger partial charge in [0.15, 0.2) is 0 Å². The molecule has 3 N–H and O–H groups in total. The highest BCUT2D eigenvalue weighted by atomic mass is 79.9. The third-order valence-corrected chi connectivity index (χ3v) is 3.03. The molecule has 0 heterocycles. The number of nitrogens with one attached hydrogen (secondary N) is 2. The van der Waals surface area contributed by atoms with E-state index in [4.69, 9.17) is 5.11 Å². The van der Waals surface area contributed by atoms with Crippen molar-refractivity contribution in [3.05, 3.63) is 34.3 Å². The van der Waals surface area contributed by atoms with Crippen LogP contribution in [0.1, 0.15) is 5.56 Å². The van der Waals surface area contributed by atoms with Gasteiger partial charge in [-0.05, 0) is 37.7 Å². The molecule has 0 aliphatic carbocycles. The van der Waals surface area contributed by atoms with Gasteiger partial charge in [0.05, 0.1) is 0 Å². The van der Waals surface area contributed by atoms with Gasteiger partial charge in [-0.25, -0.2) is 0 Å². The monoisotopic (exact) mass is 300 g/mol. The van der Waals surface area contributed by atoms with Crippen LogP contribution in [0.4, 0.5) is 0 Å². The maximum absolute atomic E-state index is 10.7. The van der Waals surface area contributed by atoms with Gasteiger partial charge in [0.25, 0.3) is 0 Å². The Morgan fingerprint density at radius 3 is 2.59 bits per heavy atom. The zero-order chi connectivity index (χ0) is 12.7. The van der Waals surface area contributed by atoms with E-state index in [0.29, 0.717) is 6.54 Å². The summed E-state index contributed by atoms with van der Waals surface area (Å²) in [4.78, 5) is 10.7. The Kier molecular flexibility index (Phi) is 6.18. The molecule has 1 atom stereocenters. The summed E-state index contributed by atoms with van der Waals surface area (Å²) in [7, 11) is 1.65. The van der Waals surface area contributed by atoms with Crippen LogP contribution in [0.3, 0.4) is 0 Å². The second-order valence-electron chi connectivity index (χ2n) is 3.76. The highest BCUT2D eigenvalue weighted by molar-refractivity contribution is 9.10. The number of hydrogen-bond donors (Lipinski definition) is 3. The number of carboxylic acids is 1. The summed E-state index contributed by atoms with van der Waals surface area (Å²) >= 11 is 3.38. The fraction of sp³-hybridized carbons (Fsp3) is 0.417. The van der Waals surface area contributed by atoms with Gasteiger partial charge in [-0.2, -0.15) is 0 Å². The van der Waals surface area contributed by atoms with Crippen LogP contribution in [-0.4, -0.2) is 37.3 Å². The molecule has 0 saturated heterocycles. The summed E-state index contributed by atoms with van der Waals surface area (Å²) in [5.41, 5.74) is 1.23. The van der Waals surface area contributed by atoms with E-state index in [9.17, 15) is 4.79 Å². The fourth-order valence-corrected chi connectivity index (χ4v) is 1.71. The molecule has 1 rings (SSSR count). The number of hydrogen-bond acceptors (Lipinski definition) is 3. The molecule has 0 amide bonds. The van der Waals surface area contributed by atoms with Gasteiger partial charge in [-0.1, -0.05) is 28.1 Å². The lowest BCUT2D eigenvalue weighted by molar-refractivity contribution is -0.139. The molecule has 4 nitrogen and oxygen atoms in total. The quantitative estimate of drug-likeness (QED) is 0.664. The fourth-order valence-electron chi connectivity index (χ4n) is 1.44. The van der Waals surface area contributed by atoms with E-state index in [1.54, 1.807) is 7.05 Å². The molecule has 17 heavy (non-hydrogen) atoms. The number of carbonyl (C=O) groups is 1. The first kappa shape index (κ1) is 14.2. The van der Waals surface area contributed by atoms with Crippen LogP contribution < -0.4 is 10.6 Å². The minimum atomic E-state index is -0.830. The average Bonchev–Trinajstić information content (AvgIpc) is 2.31. The number of carboxylic acid groups (broad SMARTS) is 1. The van der Waals surface area contributed by atoms with Crippen LogP contribution in [0.5, 0.6) is 0 Å². The number of likely N-dealkylation sites (N-methyl/N-ethyl adjacent to an activating group) is 1. The number of rotatable bonds is 7. The lowest BCUT2D eigenvalue weighted by Crippen LogP contribution is -2.43. The summed E-state index contributed by atoms with van der Waals surface area (Å²) in [6.45, 7) is 1.20. The predicted molar refractivity (Wildman–Crippen MR) is 71.2 cm³/mol. The maximum atomic E-state index is 10.7.